The Labute approximate surface area is 239 Å². The van der Waals surface area contributed by atoms with Crippen LogP contribution in [0.1, 0.15) is 27.1 Å². The molecule has 10 heteroatoms. The number of carbonyl (C=O) groups is 2. The van der Waals surface area contributed by atoms with Gasteiger partial charge in [-0.2, -0.15) is 0 Å². The maximum Gasteiger partial charge on any atom is 0.256 e. The fourth-order valence-corrected chi connectivity index (χ4v) is 6.24. The highest BCUT2D eigenvalue weighted by Crippen LogP contribution is 2.35. The summed E-state index contributed by atoms with van der Waals surface area (Å²) in [5, 5.41) is 6.80. The molecule has 0 spiro atoms. The predicted octanol–water partition coefficient (Wildman–Crippen LogP) is 3.18. The molecule has 2 fully saturated rings. The van der Waals surface area contributed by atoms with Crippen LogP contribution in [-0.4, -0.2) is 99.5 Å². The topological polar surface area (TPSA) is 102 Å². The highest BCUT2D eigenvalue weighted by molar-refractivity contribution is 6.02. The Bertz CT molecular complexity index is 1290. The zero-order valence-electron chi connectivity index (χ0n) is 23.5. The molecule has 41 heavy (non-hydrogen) atoms. The minimum Gasteiger partial charge on any atom is -0.497 e. The van der Waals surface area contributed by atoms with Crippen LogP contribution in [0.15, 0.2) is 60.7 Å². The van der Waals surface area contributed by atoms with Gasteiger partial charge < -0.3 is 39.4 Å². The Morgan fingerprint density at radius 2 is 1.20 bits per heavy atom. The summed E-state index contributed by atoms with van der Waals surface area (Å²) in [4.78, 5) is 30.4. The van der Waals surface area contributed by atoms with Crippen molar-refractivity contribution in [2.75, 3.05) is 64.2 Å². The molecular formula is C31H36N4O6. The number of hydrogen-bond donors (Lipinski definition) is 2. The number of nitrogens with zero attached hydrogens (tertiary/aromatic N) is 2. The molecule has 0 bridgehead atoms. The van der Waals surface area contributed by atoms with E-state index in [0.717, 1.165) is 22.5 Å². The molecular weight excluding hydrogens is 524 g/mol. The molecule has 2 N–H and O–H groups in total. The highest BCUT2D eigenvalue weighted by atomic mass is 16.5. The lowest BCUT2D eigenvalue weighted by Gasteiger charge is -2.26. The summed E-state index contributed by atoms with van der Waals surface area (Å²) in [6.45, 7) is 11.4. The van der Waals surface area contributed by atoms with Crippen molar-refractivity contribution in [3.8, 4) is 11.5 Å². The summed E-state index contributed by atoms with van der Waals surface area (Å²) >= 11 is 0. The molecule has 0 saturated carbocycles. The molecule has 2 aromatic carbocycles. The van der Waals surface area contributed by atoms with E-state index in [1.165, 1.54) is 0 Å². The van der Waals surface area contributed by atoms with E-state index >= 15 is 0 Å². The Morgan fingerprint density at radius 3 is 1.61 bits per heavy atom. The van der Waals surface area contributed by atoms with Crippen molar-refractivity contribution in [3.63, 3.8) is 0 Å². The lowest BCUT2D eigenvalue weighted by Crippen LogP contribution is -2.43. The molecule has 0 aliphatic carbocycles. The second-order valence-corrected chi connectivity index (χ2v) is 10.8. The average Bonchev–Trinajstić information content (AvgIpc) is 3.38. The smallest absolute Gasteiger partial charge is 0.256 e. The molecule has 0 radical (unpaired) electrons. The Morgan fingerprint density at radius 1 is 0.756 bits per heavy atom. The first-order valence-corrected chi connectivity index (χ1v) is 13.9. The molecule has 216 valence electrons. The van der Waals surface area contributed by atoms with Crippen LogP contribution in [0.4, 0.5) is 11.4 Å². The number of hydrogen-bond acceptors (Lipinski definition) is 8. The fourth-order valence-electron chi connectivity index (χ4n) is 6.24. The van der Waals surface area contributed by atoms with Crippen LogP contribution in [0.3, 0.4) is 0 Å². The van der Waals surface area contributed by atoms with Crippen LogP contribution in [0.2, 0.25) is 0 Å². The summed E-state index contributed by atoms with van der Waals surface area (Å²) in [6.07, 6.45) is 0.127. The minimum atomic E-state index is -0.265. The van der Waals surface area contributed by atoms with Gasteiger partial charge in [-0.15, -0.1) is 0 Å². The fraction of sp³-hybridized carbons (Fsp3) is 0.419. The van der Waals surface area contributed by atoms with Crippen molar-refractivity contribution in [2.45, 2.75) is 30.7 Å². The highest BCUT2D eigenvalue weighted by Gasteiger charge is 2.44. The molecule has 4 aliphatic rings. The van der Waals surface area contributed by atoms with Crippen molar-refractivity contribution in [2.24, 2.45) is 0 Å². The molecule has 2 amide bonds. The first kappa shape index (κ1) is 27.2. The number of ether oxygens (including phenoxy) is 4. The summed E-state index contributed by atoms with van der Waals surface area (Å²) in [7, 11) is 3.18. The quantitative estimate of drug-likeness (QED) is 0.375. The molecule has 10 nitrogen and oxygen atoms in total. The average molecular weight is 561 g/mol. The van der Waals surface area contributed by atoms with Gasteiger partial charge in [-0.1, -0.05) is 13.2 Å². The Kier molecular flexibility index (Phi) is 7.35. The third-order valence-corrected chi connectivity index (χ3v) is 8.37. The lowest BCUT2D eigenvalue weighted by atomic mass is 10.1. The van der Waals surface area contributed by atoms with Gasteiger partial charge in [-0.25, -0.2) is 0 Å². The van der Waals surface area contributed by atoms with Gasteiger partial charge in [-0.05, 0) is 54.0 Å². The van der Waals surface area contributed by atoms with Gasteiger partial charge >= 0.3 is 0 Å². The van der Waals surface area contributed by atoms with E-state index in [9.17, 15) is 9.59 Å². The number of amides is 2. The second-order valence-electron chi connectivity index (χ2n) is 10.8. The summed E-state index contributed by atoms with van der Waals surface area (Å²) < 4.78 is 23.2. The largest absolute Gasteiger partial charge is 0.497 e. The van der Waals surface area contributed by atoms with E-state index in [-0.39, 0.29) is 36.1 Å². The first-order chi connectivity index (χ1) is 19.9. The SMILES string of the molecule is C=C1CN2C(=O)c3cc(OC)ccc3NC[C@@H]2C1OCCCOC1C(=C)CN2C(=O)c3cc(OC)ccc3NC[C@H]12. The molecule has 2 aromatic rings. The molecule has 2 saturated heterocycles. The van der Waals surface area contributed by atoms with Gasteiger partial charge in [0.2, 0.25) is 0 Å². The molecule has 4 atom stereocenters. The number of benzene rings is 2. The lowest BCUT2D eigenvalue weighted by molar-refractivity contribution is 0.00956. The minimum absolute atomic E-state index is 0.0547. The number of anilines is 2. The van der Waals surface area contributed by atoms with E-state index in [1.54, 1.807) is 26.4 Å². The van der Waals surface area contributed by atoms with Gasteiger partial charge in [0.05, 0.1) is 37.4 Å². The third-order valence-electron chi connectivity index (χ3n) is 8.37. The van der Waals surface area contributed by atoms with Crippen LogP contribution < -0.4 is 20.1 Å². The summed E-state index contributed by atoms with van der Waals surface area (Å²) in [5.74, 6) is 1.18. The van der Waals surface area contributed by atoms with Crippen LogP contribution in [0, 0.1) is 0 Å². The van der Waals surface area contributed by atoms with Gasteiger partial charge in [0.15, 0.2) is 0 Å². The Hall–Kier alpha value is -4.02. The number of methoxy groups -OCH3 is 2. The number of rotatable bonds is 8. The van der Waals surface area contributed by atoms with Gasteiger partial charge in [0.1, 0.15) is 23.7 Å². The molecule has 2 unspecified atom stereocenters. The summed E-state index contributed by atoms with van der Waals surface area (Å²) in [5.41, 5.74) is 4.54. The zero-order valence-corrected chi connectivity index (χ0v) is 23.5. The maximum absolute atomic E-state index is 13.4. The number of carbonyl (C=O) groups excluding carboxylic acids is 2. The van der Waals surface area contributed by atoms with Gasteiger partial charge in [0.25, 0.3) is 11.8 Å². The molecule has 0 aromatic heterocycles. The predicted molar refractivity (Wildman–Crippen MR) is 155 cm³/mol. The van der Waals surface area contributed by atoms with Crippen LogP contribution in [0.5, 0.6) is 11.5 Å². The van der Waals surface area contributed by atoms with Crippen LogP contribution >= 0.6 is 0 Å². The van der Waals surface area contributed by atoms with Gasteiger partial charge in [-0.3, -0.25) is 9.59 Å². The molecule has 4 aliphatic heterocycles. The normalized spacial score (nSPS) is 24.9. The van der Waals surface area contributed by atoms with Crippen molar-refractivity contribution in [3.05, 3.63) is 71.8 Å². The Balaban J connectivity index is 1.03. The first-order valence-electron chi connectivity index (χ1n) is 13.9. The molecule has 4 heterocycles. The van der Waals surface area contributed by atoms with E-state index in [2.05, 4.69) is 23.8 Å². The number of fused-ring (bicyclic) bond motifs is 4. The standard InChI is InChI=1S/C31H36N4O6/c1-18-16-34-26(14-32-24-8-6-20(38-3)12-22(24)30(34)36)28(18)40-10-5-11-41-29-19(2)17-35-27(29)15-33-25-9-7-21(39-4)13-23(25)31(35)37/h6-9,12-13,26-29,32-33H,1-2,5,10-11,14-17H2,3-4H3/t26-,27-,28?,29?/m1/s1. The monoisotopic (exact) mass is 560 g/mol. The van der Waals surface area contributed by atoms with Gasteiger partial charge in [0, 0.05) is 50.8 Å². The third kappa shape index (κ3) is 4.91. The maximum atomic E-state index is 13.4. The second kappa shape index (κ2) is 11.1. The summed E-state index contributed by atoms with van der Waals surface area (Å²) in [6, 6.07) is 10.7. The van der Waals surface area contributed by atoms with E-state index < -0.39 is 0 Å². The van der Waals surface area contributed by atoms with Crippen LogP contribution in [-0.2, 0) is 9.47 Å². The van der Waals surface area contributed by atoms with Crippen molar-refractivity contribution >= 4 is 23.2 Å². The zero-order chi connectivity index (χ0) is 28.7. The van der Waals surface area contributed by atoms with Crippen molar-refractivity contribution < 1.29 is 28.5 Å². The van der Waals surface area contributed by atoms with E-state index in [0.29, 0.717) is 68.4 Å². The van der Waals surface area contributed by atoms with Crippen molar-refractivity contribution in [1.82, 2.24) is 9.80 Å². The van der Waals surface area contributed by atoms with E-state index in [1.807, 2.05) is 34.1 Å². The molecule has 6 rings (SSSR count). The van der Waals surface area contributed by atoms with Crippen molar-refractivity contribution in [1.29, 1.82) is 0 Å². The van der Waals surface area contributed by atoms with Crippen LogP contribution in [0.25, 0.3) is 0 Å². The number of nitrogens with one attached hydrogen (secondary N) is 2. The van der Waals surface area contributed by atoms with E-state index in [4.69, 9.17) is 18.9 Å².